The summed E-state index contributed by atoms with van der Waals surface area (Å²) in [5.74, 6) is -0.143. The Morgan fingerprint density at radius 3 is 2.50 bits per heavy atom. The maximum atomic E-state index is 12.8. The first-order valence-corrected chi connectivity index (χ1v) is 7.35. The molecule has 3 N–H and O–H groups in total. The van der Waals surface area contributed by atoms with E-state index in [0.717, 1.165) is 44.2 Å². The number of amides is 1. The summed E-state index contributed by atoms with van der Waals surface area (Å²) in [5.41, 5.74) is 6.45. The van der Waals surface area contributed by atoms with Gasteiger partial charge in [-0.25, -0.2) is 4.39 Å². The summed E-state index contributed by atoms with van der Waals surface area (Å²) < 4.78 is 12.8. The van der Waals surface area contributed by atoms with Gasteiger partial charge >= 0.3 is 0 Å². The molecule has 1 amide bonds. The van der Waals surface area contributed by atoms with Crippen molar-refractivity contribution in [1.82, 2.24) is 5.32 Å². The lowest BCUT2D eigenvalue weighted by Gasteiger charge is -2.14. The minimum Gasteiger partial charge on any atom is -0.353 e. The smallest absolute Gasteiger partial charge is 0.220 e. The maximum absolute atomic E-state index is 12.8. The number of hydrogen-bond donors (Lipinski definition) is 2. The number of unbranched alkanes of at least 4 members (excludes halogenated alkanes) is 3. The fourth-order valence-corrected chi connectivity index (χ4v) is 2.16. The molecule has 0 aliphatic carbocycles. The third-order valence-corrected chi connectivity index (χ3v) is 3.22. The molecule has 0 bridgehead atoms. The lowest BCUT2D eigenvalue weighted by Crippen LogP contribution is -2.33. The average Bonchev–Trinajstić information content (AvgIpc) is 2.41. The van der Waals surface area contributed by atoms with Crippen LogP contribution in [-0.2, 0) is 11.2 Å². The molecule has 1 aromatic carbocycles. The molecule has 3 nitrogen and oxygen atoms in total. The molecule has 0 spiro atoms. The number of nitrogens with one attached hydrogen (secondary N) is 1. The van der Waals surface area contributed by atoms with Crippen LogP contribution in [0.25, 0.3) is 0 Å². The van der Waals surface area contributed by atoms with Crippen molar-refractivity contribution in [3.8, 4) is 0 Å². The Morgan fingerprint density at radius 2 is 1.85 bits per heavy atom. The van der Waals surface area contributed by atoms with E-state index in [2.05, 4.69) is 5.32 Å². The van der Waals surface area contributed by atoms with Crippen LogP contribution in [0.15, 0.2) is 24.3 Å². The van der Waals surface area contributed by atoms with Crippen LogP contribution in [-0.4, -0.2) is 18.5 Å². The van der Waals surface area contributed by atoms with Crippen LogP contribution >= 0.6 is 0 Å². The summed E-state index contributed by atoms with van der Waals surface area (Å²) >= 11 is 0. The van der Waals surface area contributed by atoms with E-state index in [4.69, 9.17) is 5.73 Å². The van der Waals surface area contributed by atoms with E-state index in [0.29, 0.717) is 6.42 Å². The van der Waals surface area contributed by atoms with Gasteiger partial charge in [0.15, 0.2) is 0 Å². The first-order valence-electron chi connectivity index (χ1n) is 7.35. The van der Waals surface area contributed by atoms with Crippen LogP contribution in [0.4, 0.5) is 4.39 Å². The zero-order chi connectivity index (χ0) is 14.8. The highest BCUT2D eigenvalue weighted by Gasteiger charge is 2.08. The SMILES string of the molecule is CC(Cc1ccc(F)cc1)NC(=O)CCCCCCN. The molecule has 1 rings (SSSR count). The highest BCUT2D eigenvalue weighted by Crippen LogP contribution is 2.07. The van der Waals surface area contributed by atoms with Gasteiger partial charge in [0.05, 0.1) is 0 Å². The molecule has 1 aromatic rings. The second-order valence-electron chi connectivity index (χ2n) is 5.25. The number of nitrogens with two attached hydrogens (primary N) is 1. The quantitative estimate of drug-likeness (QED) is 0.683. The van der Waals surface area contributed by atoms with Crippen molar-refractivity contribution in [3.63, 3.8) is 0 Å². The molecule has 1 unspecified atom stereocenters. The van der Waals surface area contributed by atoms with Crippen molar-refractivity contribution >= 4 is 5.91 Å². The third-order valence-electron chi connectivity index (χ3n) is 3.22. The van der Waals surface area contributed by atoms with Crippen LogP contribution in [0.3, 0.4) is 0 Å². The molecule has 0 aliphatic heterocycles. The first kappa shape index (κ1) is 16.6. The van der Waals surface area contributed by atoms with Crippen LogP contribution in [0, 0.1) is 5.82 Å². The zero-order valence-corrected chi connectivity index (χ0v) is 12.2. The lowest BCUT2D eigenvalue weighted by molar-refractivity contribution is -0.121. The fraction of sp³-hybridized carbons (Fsp3) is 0.562. The fourth-order valence-electron chi connectivity index (χ4n) is 2.16. The number of rotatable bonds is 9. The highest BCUT2D eigenvalue weighted by molar-refractivity contribution is 5.76. The van der Waals surface area contributed by atoms with Gasteiger partial charge in [0.2, 0.25) is 5.91 Å². The minimum absolute atomic E-state index is 0.0667. The number of benzene rings is 1. The van der Waals surface area contributed by atoms with Gasteiger partial charge in [0, 0.05) is 12.5 Å². The Morgan fingerprint density at radius 1 is 1.20 bits per heavy atom. The van der Waals surface area contributed by atoms with Crippen molar-refractivity contribution in [1.29, 1.82) is 0 Å². The van der Waals surface area contributed by atoms with E-state index in [-0.39, 0.29) is 17.8 Å². The molecule has 4 heteroatoms. The van der Waals surface area contributed by atoms with E-state index >= 15 is 0 Å². The van der Waals surface area contributed by atoms with Gasteiger partial charge in [-0.3, -0.25) is 4.79 Å². The summed E-state index contributed by atoms with van der Waals surface area (Å²) in [4.78, 5) is 11.7. The number of carbonyl (C=O) groups is 1. The van der Waals surface area contributed by atoms with Gasteiger partial charge in [0.1, 0.15) is 5.82 Å². The Labute approximate surface area is 120 Å². The lowest BCUT2D eigenvalue weighted by atomic mass is 10.1. The van der Waals surface area contributed by atoms with E-state index in [1.807, 2.05) is 6.92 Å². The van der Waals surface area contributed by atoms with Crippen LogP contribution in [0.5, 0.6) is 0 Å². The second kappa shape index (κ2) is 9.48. The Balaban J connectivity index is 2.19. The number of halogens is 1. The Bertz CT molecular complexity index is 392. The Kier molecular flexibility index (Phi) is 7.88. The topological polar surface area (TPSA) is 55.1 Å². The predicted molar refractivity (Wildman–Crippen MR) is 79.8 cm³/mol. The molecule has 0 aromatic heterocycles. The van der Waals surface area contributed by atoms with Gasteiger partial charge < -0.3 is 11.1 Å². The maximum Gasteiger partial charge on any atom is 0.220 e. The molecular weight excluding hydrogens is 255 g/mol. The summed E-state index contributed by atoms with van der Waals surface area (Å²) in [7, 11) is 0. The van der Waals surface area contributed by atoms with Crippen molar-refractivity contribution in [3.05, 3.63) is 35.6 Å². The molecule has 0 radical (unpaired) electrons. The van der Waals surface area contributed by atoms with Crippen LogP contribution in [0.2, 0.25) is 0 Å². The molecule has 20 heavy (non-hydrogen) atoms. The summed E-state index contributed by atoms with van der Waals surface area (Å²) in [6.45, 7) is 2.69. The molecule has 0 saturated heterocycles. The predicted octanol–water partition coefficient (Wildman–Crippen LogP) is 2.78. The van der Waals surface area contributed by atoms with E-state index in [1.54, 1.807) is 12.1 Å². The summed E-state index contributed by atoms with van der Waals surface area (Å²) in [5, 5.41) is 2.98. The van der Waals surface area contributed by atoms with Crippen LogP contribution in [0.1, 0.15) is 44.6 Å². The van der Waals surface area contributed by atoms with Gasteiger partial charge in [-0.15, -0.1) is 0 Å². The zero-order valence-electron chi connectivity index (χ0n) is 12.2. The number of carbonyl (C=O) groups excluding carboxylic acids is 1. The largest absolute Gasteiger partial charge is 0.353 e. The summed E-state index contributed by atoms with van der Waals surface area (Å²) in [6, 6.07) is 6.47. The second-order valence-corrected chi connectivity index (χ2v) is 5.25. The monoisotopic (exact) mass is 280 g/mol. The molecule has 0 saturated carbocycles. The van der Waals surface area contributed by atoms with Gasteiger partial charge in [-0.1, -0.05) is 25.0 Å². The molecule has 0 fully saturated rings. The van der Waals surface area contributed by atoms with E-state index in [1.165, 1.54) is 12.1 Å². The van der Waals surface area contributed by atoms with Gasteiger partial charge in [-0.05, 0) is 50.4 Å². The van der Waals surface area contributed by atoms with Crippen molar-refractivity contribution in [2.75, 3.05) is 6.54 Å². The van der Waals surface area contributed by atoms with E-state index in [9.17, 15) is 9.18 Å². The molecular formula is C16H25FN2O. The third kappa shape index (κ3) is 7.24. The molecule has 0 aliphatic rings. The van der Waals surface area contributed by atoms with Gasteiger partial charge in [-0.2, -0.15) is 0 Å². The van der Waals surface area contributed by atoms with Crippen molar-refractivity contribution in [2.45, 2.75) is 51.5 Å². The normalized spacial score (nSPS) is 12.2. The van der Waals surface area contributed by atoms with Crippen molar-refractivity contribution < 1.29 is 9.18 Å². The number of hydrogen-bond acceptors (Lipinski definition) is 2. The summed E-state index contributed by atoms with van der Waals surface area (Å²) in [6.07, 6.45) is 5.38. The van der Waals surface area contributed by atoms with Crippen LogP contribution < -0.4 is 11.1 Å². The van der Waals surface area contributed by atoms with Gasteiger partial charge in [0.25, 0.3) is 0 Å². The molecule has 0 heterocycles. The first-order chi connectivity index (χ1) is 9.61. The van der Waals surface area contributed by atoms with E-state index < -0.39 is 0 Å². The minimum atomic E-state index is -0.233. The molecule has 1 atom stereocenters. The average molecular weight is 280 g/mol. The molecule has 112 valence electrons. The standard InChI is InChI=1S/C16H25FN2O/c1-13(12-14-7-9-15(17)10-8-14)19-16(20)6-4-2-3-5-11-18/h7-10,13H,2-6,11-12,18H2,1H3,(H,19,20). The Hall–Kier alpha value is -1.42. The van der Waals surface area contributed by atoms with Crippen molar-refractivity contribution in [2.24, 2.45) is 5.73 Å². The highest BCUT2D eigenvalue weighted by atomic mass is 19.1.